The first-order chi connectivity index (χ1) is 25.3. The summed E-state index contributed by atoms with van der Waals surface area (Å²) in [4.78, 5) is 0. The van der Waals surface area contributed by atoms with E-state index in [1.165, 1.54) is 71.6 Å². The molecule has 0 spiro atoms. The second-order valence-corrected chi connectivity index (χ2v) is 13.2. The van der Waals surface area contributed by atoms with E-state index in [2.05, 4.69) is 194 Å². The zero-order valence-electron chi connectivity index (χ0n) is 27.9. The van der Waals surface area contributed by atoms with Crippen molar-refractivity contribution in [1.29, 1.82) is 0 Å². The first kappa shape index (κ1) is 29.2. The Morgan fingerprint density at radius 1 is 0.255 bits per heavy atom. The van der Waals surface area contributed by atoms with Gasteiger partial charge in [-0.25, -0.2) is 0 Å². The molecule has 10 aromatic rings. The minimum absolute atomic E-state index is 0.897. The number of hydrogen-bond donors (Lipinski definition) is 0. The van der Waals surface area contributed by atoms with Gasteiger partial charge in [0.15, 0.2) is 0 Å². The van der Waals surface area contributed by atoms with Crippen molar-refractivity contribution in [2.45, 2.75) is 0 Å². The van der Waals surface area contributed by atoms with Crippen molar-refractivity contribution < 1.29 is 4.42 Å². The van der Waals surface area contributed by atoms with Gasteiger partial charge in [0.05, 0.1) is 0 Å². The number of fused-ring (bicyclic) bond motifs is 5. The number of hydrogen-bond acceptors (Lipinski definition) is 1. The summed E-state index contributed by atoms with van der Waals surface area (Å²) in [6, 6.07) is 69.8. The Bertz CT molecular complexity index is 2820. The van der Waals surface area contributed by atoms with E-state index in [0.717, 1.165) is 27.5 Å². The van der Waals surface area contributed by atoms with Crippen LogP contribution in [0.4, 0.5) is 0 Å². The van der Waals surface area contributed by atoms with Gasteiger partial charge in [0.1, 0.15) is 11.2 Å². The van der Waals surface area contributed by atoms with E-state index in [-0.39, 0.29) is 0 Å². The van der Waals surface area contributed by atoms with Gasteiger partial charge in [0.25, 0.3) is 0 Å². The van der Waals surface area contributed by atoms with Gasteiger partial charge < -0.3 is 4.42 Å². The Hall–Kier alpha value is -6.70. The van der Waals surface area contributed by atoms with Crippen molar-refractivity contribution in [3.05, 3.63) is 194 Å². The van der Waals surface area contributed by atoms with Gasteiger partial charge in [-0.05, 0) is 95.4 Å². The van der Waals surface area contributed by atoms with Gasteiger partial charge in [0, 0.05) is 10.8 Å². The largest absolute Gasteiger partial charge is 0.456 e. The standard InChI is InChI=1S/C50H32O/c1-3-14-33(15-4-1)35-26-28-36(29-27-35)38-18-7-8-19-39(38)48-40-20-9-11-22-42(40)49(43-23-12-10-21-41(43)48)45-24-13-25-46-50(45)44-31-30-37(32-47(44)51-46)34-16-5-2-6-17-34/h1-32H. The molecular weight excluding hydrogens is 617 g/mol. The highest BCUT2D eigenvalue weighted by molar-refractivity contribution is 6.26. The summed E-state index contributed by atoms with van der Waals surface area (Å²) in [6.45, 7) is 0. The smallest absolute Gasteiger partial charge is 0.136 e. The molecule has 51 heavy (non-hydrogen) atoms. The lowest BCUT2D eigenvalue weighted by Crippen LogP contribution is -1.93. The summed E-state index contributed by atoms with van der Waals surface area (Å²) in [5, 5.41) is 7.19. The van der Waals surface area contributed by atoms with Gasteiger partial charge in [-0.2, -0.15) is 0 Å². The first-order valence-corrected chi connectivity index (χ1v) is 17.5. The lowest BCUT2D eigenvalue weighted by Gasteiger charge is -2.20. The topological polar surface area (TPSA) is 13.1 Å². The Morgan fingerprint density at radius 2 is 0.706 bits per heavy atom. The molecule has 0 bridgehead atoms. The van der Waals surface area contributed by atoms with Crippen LogP contribution < -0.4 is 0 Å². The maximum atomic E-state index is 6.60. The molecule has 9 aromatic carbocycles. The molecule has 0 aliphatic rings. The lowest BCUT2D eigenvalue weighted by atomic mass is 9.83. The highest BCUT2D eigenvalue weighted by Crippen LogP contribution is 2.48. The fourth-order valence-corrected chi connectivity index (χ4v) is 7.98. The average Bonchev–Trinajstić information content (AvgIpc) is 3.59. The summed E-state index contributed by atoms with van der Waals surface area (Å²) in [6.07, 6.45) is 0. The molecule has 238 valence electrons. The molecule has 0 amide bonds. The quantitative estimate of drug-likeness (QED) is 0.169. The third kappa shape index (κ3) is 4.86. The fourth-order valence-electron chi connectivity index (χ4n) is 7.98. The summed E-state index contributed by atoms with van der Waals surface area (Å²) in [7, 11) is 0. The van der Waals surface area contributed by atoms with Crippen LogP contribution in [-0.2, 0) is 0 Å². The summed E-state index contributed by atoms with van der Waals surface area (Å²) >= 11 is 0. The molecule has 0 unspecified atom stereocenters. The average molecular weight is 649 g/mol. The Morgan fingerprint density at radius 3 is 1.33 bits per heavy atom. The van der Waals surface area contributed by atoms with Gasteiger partial charge >= 0.3 is 0 Å². The summed E-state index contributed by atoms with van der Waals surface area (Å²) in [5.74, 6) is 0. The molecule has 0 radical (unpaired) electrons. The summed E-state index contributed by atoms with van der Waals surface area (Å²) in [5.41, 5.74) is 13.9. The molecule has 0 aliphatic heterocycles. The molecule has 1 nitrogen and oxygen atoms in total. The van der Waals surface area contributed by atoms with Crippen LogP contribution in [0.1, 0.15) is 0 Å². The van der Waals surface area contributed by atoms with E-state index >= 15 is 0 Å². The minimum Gasteiger partial charge on any atom is -0.456 e. The molecule has 0 N–H and O–H groups in total. The highest BCUT2D eigenvalue weighted by Gasteiger charge is 2.21. The van der Waals surface area contributed by atoms with Crippen molar-refractivity contribution in [2.75, 3.05) is 0 Å². The van der Waals surface area contributed by atoms with Crippen molar-refractivity contribution in [1.82, 2.24) is 0 Å². The second kappa shape index (κ2) is 12.0. The first-order valence-electron chi connectivity index (χ1n) is 17.5. The lowest BCUT2D eigenvalue weighted by molar-refractivity contribution is 0.669. The molecule has 0 fully saturated rings. The van der Waals surface area contributed by atoms with Gasteiger partial charge in [-0.3, -0.25) is 0 Å². The molecule has 10 rings (SSSR count). The van der Waals surface area contributed by atoms with Crippen LogP contribution in [0.5, 0.6) is 0 Å². The maximum Gasteiger partial charge on any atom is 0.136 e. The molecule has 0 saturated carbocycles. The van der Waals surface area contributed by atoms with Crippen LogP contribution in [0.2, 0.25) is 0 Å². The second-order valence-electron chi connectivity index (χ2n) is 13.2. The fraction of sp³-hybridized carbons (Fsp3) is 0. The predicted octanol–water partition coefficient (Wildman–Crippen LogP) is 14.2. The third-order valence-electron chi connectivity index (χ3n) is 10.3. The zero-order valence-corrected chi connectivity index (χ0v) is 27.9. The Balaban J connectivity index is 1.21. The monoisotopic (exact) mass is 648 g/mol. The van der Waals surface area contributed by atoms with E-state index in [0.29, 0.717) is 0 Å². The van der Waals surface area contributed by atoms with Crippen LogP contribution in [0.15, 0.2) is 199 Å². The third-order valence-corrected chi connectivity index (χ3v) is 10.3. The van der Waals surface area contributed by atoms with E-state index in [9.17, 15) is 0 Å². The van der Waals surface area contributed by atoms with E-state index in [1.807, 2.05) is 0 Å². The van der Waals surface area contributed by atoms with E-state index in [1.54, 1.807) is 0 Å². The van der Waals surface area contributed by atoms with Crippen LogP contribution in [0.25, 0.3) is 99.1 Å². The number of rotatable bonds is 5. The normalized spacial score (nSPS) is 11.5. The predicted molar refractivity (Wildman–Crippen MR) is 216 cm³/mol. The van der Waals surface area contributed by atoms with Crippen molar-refractivity contribution in [3.8, 4) is 55.6 Å². The van der Waals surface area contributed by atoms with Crippen LogP contribution in [-0.4, -0.2) is 0 Å². The van der Waals surface area contributed by atoms with Gasteiger partial charge in [-0.15, -0.1) is 0 Å². The van der Waals surface area contributed by atoms with E-state index < -0.39 is 0 Å². The minimum atomic E-state index is 0.897. The van der Waals surface area contributed by atoms with E-state index in [4.69, 9.17) is 4.42 Å². The Kier molecular flexibility index (Phi) is 6.89. The molecule has 1 aromatic heterocycles. The van der Waals surface area contributed by atoms with Crippen LogP contribution in [0.3, 0.4) is 0 Å². The van der Waals surface area contributed by atoms with Crippen molar-refractivity contribution in [2.24, 2.45) is 0 Å². The molecule has 1 heteroatoms. The van der Waals surface area contributed by atoms with Crippen molar-refractivity contribution >= 4 is 43.5 Å². The zero-order chi connectivity index (χ0) is 33.7. The Labute approximate surface area is 296 Å². The molecule has 1 heterocycles. The molecular formula is C50H32O. The maximum absolute atomic E-state index is 6.60. The SMILES string of the molecule is c1ccc(-c2ccc(-c3ccccc3-c3c4ccccc4c(-c4cccc5oc6cc(-c7ccccc7)ccc6c45)c4ccccc34)cc2)cc1. The summed E-state index contributed by atoms with van der Waals surface area (Å²) < 4.78 is 6.60. The van der Waals surface area contributed by atoms with Crippen LogP contribution in [0, 0.1) is 0 Å². The number of benzene rings is 9. The molecule has 0 saturated heterocycles. The number of furan rings is 1. The molecule has 0 atom stereocenters. The van der Waals surface area contributed by atoms with Crippen molar-refractivity contribution in [3.63, 3.8) is 0 Å². The van der Waals surface area contributed by atoms with Gasteiger partial charge in [0.2, 0.25) is 0 Å². The molecule has 0 aliphatic carbocycles. The van der Waals surface area contributed by atoms with Crippen LogP contribution >= 0.6 is 0 Å². The highest BCUT2D eigenvalue weighted by atomic mass is 16.3. The van der Waals surface area contributed by atoms with Gasteiger partial charge in [-0.1, -0.05) is 176 Å².